The Morgan fingerprint density at radius 3 is 2.91 bits per heavy atom. The van der Waals surface area contributed by atoms with Gasteiger partial charge >= 0.3 is 11.7 Å². The zero-order valence-corrected chi connectivity index (χ0v) is 12.0. The molecule has 3 unspecified atom stereocenters. The molecule has 0 bridgehead atoms. The summed E-state index contributed by atoms with van der Waals surface area (Å²) in [5.74, 6) is -0.731. The molecule has 3 rings (SSSR count). The standard InChI is InChI=1S/C15H16N2O5/c1-2-22-8-6-11-9-4-3-5-10(9)14(15(18)19)16-13(11)12(7-8)17(20)21/h3-4,6-7,9-10,14,16H,2,5H2,1H3,(H-,18,19,20,21)/p+1. The molecular formula is C15H17N2O5+. The van der Waals surface area contributed by atoms with E-state index in [1.807, 2.05) is 19.1 Å². The van der Waals surface area contributed by atoms with Crippen LogP contribution in [0.25, 0.3) is 0 Å². The van der Waals surface area contributed by atoms with Crippen LogP contribution in [0.3, 0.4) is 0 Å². The number of nitrogens with one attached hydrogen (secondary N) is 1. The van der Waals surface area contributed by atoms with Gasteiger partial charge in [0.05, 0.1) is 17.6 Å². The van der Waals surface area contributed by atoms with Crippen LogP contribution in [0.5, 0.6) is 5.75 Å². The molecule has 0 amide bonds. The number of ether oxygens (including phenoxy) is 1. The van der Waals surface area contributed by atoms with Gasteiger partial charge in [-0.1, -0.05) is 12.2 Å². The Labute approximate surface area is 126 Å². The summed E-state index contributed by atoms with van der Waals surface area (Å²) in [6, 6.07) is 2.40. The van der Waals surface area contributed by atoms with Crippen molar-refractivity contribution >= 4 is 17.3 Å². The first kappa shape index (κ1) is 14.4. The van der Waals surface area contributed by atoms with Gasteiger partial charge in [0.2, 0.25) is 0 Å². The summed E-state index contributed by atoms with van der Waals surface area (Å²) in [4.78, 5) is 22.7. The van der Waals surface area contributed by atoms with Gasteiger partial charge < -0.3 is 15.2 Å². The molecule has 1 aromatic rings. The van der Waals surface area contributed by atoms with Crippen LogP contribution in [0.4, 0.5) is 11.4 Å². The second kappa shape index (κ2) is 5.32. The fourth-order valence-electron chi connectivity index (χ4n) is 3.30. The highest BCUT2D eigenvalue weighted by Gasteiger charge is 2.44. The summed E-state index contributed by atoms with van der Waals surface area (Å²) in [5.41, 5.74) is 1.08. The fraction of sp³-hybridized carbons (Fsp3) is 0.400. The Balaban J connectivity index is 2.16. The van der Waals surface area contributed by atoms with Crippen LogP contribution in [0.15, 0.2) is 24.3 Å². The minimum Gasteiger partial charge on any atom is -0.494 e. The van der Waals surface area contributed by atoms with Crippen LogP contribution in [0.2, 0.25) is 0 Å². The maximum atomic E-state index is 11.5. The Kier molecular flexibility index (Phi) is 3.48. The number of carboxylic acid groups (broad SMARTS) is 1. The first-order valence-corrected chi connectivity index (χ1v) is 7.15. The topological polar surface area (TPSA) is 98.9 Å². The normalized spacial score (nSPS) is 25.0. The zero-order chi connectivity index (χ0) is 15.9. The number of rotatable bonds is 4. The SMILES string of the molecule is CCOc1cc2c(c([N+](=O)O)c1)NC(C(=O)O)C1CC=CC21. The molecule has 0 aromatic heterocycles. The van der Waals surface area contributed by atoms with Crippen LogP contribution < -0.4 is 10.1 Å². The summed E-state index contributed by atoms with van der Waals surface area (Å²) in [6.07, 6.45) is 4.55. The number of allylic oxidation sites excluding steroid dienone is 2. The minimum absolute atomic E-state index is 0.0362. The molecule has 1 aliphatic heterocycles. The van der Waals surface area contributed by atoms with Gasteiger partial charge in [0.15, 0.2) is 0 Å². The molecule has 2 aliphatic rings. The van der Waals surface area contributed by atoms with Crippen molar-refractivity contribution < 1.29 is 24.8 Å². The van der Waals surface area contributed by atoms with E-state index in [4.69, 9.17) is 4.74 Å². The van der Waals surface area contributed by atoms with E-state index in [0.717, 1.165) is 5.56 Å². The van der Waals surface area contributed by atoms with Crippen molar-refractivity contribution in [2.75, 3.05) is 11.9 Å². The second-order valence-electron chi connectivity index (χ2n) is 5.43. The van der Waals surface area contributed by atoms with Crippen molar-refractivity contribution in [2.24, 2.45) is 5.92 Å². The molecule has 0 radical (unpaired) electrons. The quantitative estimate of drug-likeness (QED) is 0.583. The van der Waals surface area contributed by atoms with E-state index in [2.05, 4.69) is 5.32 Å². The first-order chi connectivity index (χ1) is 10.5. The third-order valence-electron chi connectivity index (χ3n) is 4.20. The molecule has 3 N–H and O–H groups in total. The molecular weight excluding hydrogens is 288 g/mol. The van der Waals surface area contributed by atoms with Gasteiger partial charge in [0, 0.05) is 11.8 Å². The minimum atomic E-state index is -0.973. The molecule has 1 aromatic carbocycles. The molecule has 22 heavy (non-hydrogen) atoms. The number of carboxylic acids is 1. The molecule has 0 saturated carbocycles. The van der Waals surface area contributed by atoms with E-state index < -0.39 is 12.0 Å². The van der Waals surface area contributed by atoms with E-state index in [1.165, 1.54) is 6.07 Å². The average Bonchev–Trinajstić information content (AvgIpc) is 2.95. The van der Waals surface area contributed by atoms with Crippen molar-refractivity contribution in [2.45, 2.75) is 25.3 Å². The van der Waals surface area contributed by atoms with Gasteiger partial charge in [-0.05, 0) is 25.0 Å². The van der Waals surface area contributed by atoms with Crippen LogP contribution in [-0.2, 0) is 4.79 Å². The van der Waals surface area contributed by atoms with E-state index in [9.17, 15) is 20.0 Å². The van der Waals surface area contributed by atoms with Gasteiger partial charge in [-0.2, -0.15) is 0 Å². The molecule has 0 spiro atoms. The summed E-state index contributed by atoms with van der Waals surface area (Å²) in [7, 11) is 0. The third-order valence-corrected chi connectivity index (χ3v) is 4.20. The van der Waals surface area contributed by atoms with Crippen molar-refractivity contribution in [1.29, 1.82) is 0 Å². The summed E-state index contributed by atoms with van der Waals surface area (Å²) in [6.45, 7) is 2.25. The van der Waals surface area contributed by atoms with Crippen LogP contribution in [-0.4, -0.2) is 33.9 Å². The molecule has 3 atom stereocenters. The molecule has 7 heteroatoms. The highest BCUT2D eigenvalue weighted by Crippen LogP contribution is 2.49. The lowest BCUT2D eigenvalue weighted by molar-refractivity contribution is -0.729. The monoisotopic (exact) mass is 305 g/mol. The smallest absolute Gasteiger partial charge is 0.343 e. The molecule has 116 valence electrons. The summed E-state index contributed by atoms with van der Waals surface area (Å²) < 4.78 is 5.44. The molecule has 1 heterocycles. The van der Waals surface area contributed by atoms with Crippen molar-refractivity contribution in [3.05, 3.63) is 34.8 Å². The van der Waals surface area contributed by atoms with Crippen molar-refractivity contribution in [1.82, 2.24) is 0 Å². The van der Waals surface area contributed by atoms with Gasteiger partial charge in [0.1, 0.15) is 17.5 Å². The first-order valence-electron chi connectivity index (χ1n) is 7.15. The van der Waals surface area contributed by atoms with Gasteiger partial charge in [-0.25, -0.2) is 10.0 Å². The largest absolute Gasteiger partial charge is 0.494 e. The highest BCUT2D eigenvalue weighted by atomic mass is 16.6. The van der Waals surface area contributed by atoms with E-state index in [-0.39, 0.29) is 22.4 Å². The number of fused-ring (bicyclic) bond motifs is 3. The lowest BCUT2D eigenvalue weighted by Crippen LogP contribution is -2.42. The lowest BCUT2D eigenvalue weighted by Gasteiger charge is -2.34. The van der Waals surface area contributed by atoms with E-state index >= 15 is 0 Å². The maximum Gasteiger partial charge on any atom is 0.343 e. The number of nitrogens with zero attached hydrogens (tertiary/aromatic N) is 1. The Bertz CT molecular complexity index is 670. The Morgan fingerprint density at radius 2 is 2.27 bits per heavy atom. The highest BCUT2D eigenvalue weighted by molar-refractivity contribution is 5.83. The number of benzene rings is 1. The van der Waals surface area contributed by atoms with Gasteiger partial charge in [-0.3, -0.25) is 0 Å². The molecule has 0 saturated heterocycles. The summed E-state index contributed by atoms with van der Waals surface area (Å²) >= 11 is 0. The average molecular weight is 305 g/mol. The van der Waals surface area contributed by atoms with Gasteiger partial charge in [-0.15, -0.1) is 0 Å². The Morgan fingerprint density at radius 1 is 1.50 bits per heavy atom. The number of carbonyl (C=O) groups is 1. The fourth-order valence-corrected chi connectivity index (χ4v) is 3.30. The maximum absolute atomic E-state index is 11.5. The number of anilines is 1. The third kappa shape index (κ3) is 2.18. The lowest BCUT2D eigenvalue weighted by atomic mass is 9.79. The van der Waals surface area contributed by atoms with Crippen molar-refractivity contribution in [3.63, 3.8) is 0 Å². The number of hydrogen-bond donors (Lipinski definition) is 3. The van der Waals surface area contributed by atoms with Crippen LogP contribution >= 0.6 is 0 Å². The second-order valence-corrected chi connectivity index (χ2v) is 5.43. The predicted octanol–water partition coefficient (Wildman–Crippen LogP) is 2.42. The molecule has 7 nitrogen and oxygen atoms in total. The predicted molar refractivity (Wildman–Crippen MR) is 77.7 cm³/mol. The van der Waals surface area contributed by atoms with Crippen LogP contribution in [0, 0.1) is 10.8 Å². The Hall–Kier alpha value is -2.57. The van der Waals surface area contributed by atoms with Crippen molar-refractivity contribution in [3.8, 4) is 5.75 Å². The van der Waals surface area contributed by atoms with E-state index in [0.29, 0.717) is 24.5 Å². The number of hydrogen-bond acceptors (Lipinski definition) is 4. The molecule has 1 aliphatic carbocycles. The zero-order valence-electron chi connectivity index (χ0n) is 12.0. The summed E-state index contributed by atoms with van der Waals surface area (Å²) in [5, 5.41) is 21.7. The number of aliphatic carboxylic acids is 1. The van der Waals surface area contributed by atoms with E-state index in [1.54, 1.807) is 6.07 Å². The van der Waals surface area contributed by atoms with Crippen LogP contribution in [0.1, 0.15) is 24.8 Å². The molecule has 0 fully saturated rings. The van der Waals surface area contributed by atoms with Gasteiger partial charge in [0.25, 0.3) is 4.92 Å².